The lowest BCUT2D eigenvalue weighted by Crippen LogP contribution is -2.09. The Hall–Kier alpha value is -5.32. The molecule has 0 fully saturated rings. The number of nitriles is 1. The number of benzene rings is 3. The van der Waals surface area contributed by atoms with Gasteiger partial charge in [-0.15, -0.1) is 0 Å². The van der Waals surface area contributed by atoms with Crippen molar-refractivity contribution in [3.63, 3.8) is 0 Å². The Morgan fingerprint density at radius 3 is 2.52 bits per heavy atom. The lowest BCUT2D eigenvalue weighted by molar-refractivity contribution is 0.0697. The van der Waals surface area contributed by atoms with Crippen LogP contribution in [0.4, 0.5) is 13.2 Å². The number of hydrogen-bond acceptors (Lipinski definition) is 8. The van der Waals surface area contributed by atoms with Gasteiger partial charge in [-0.1, -0.05) is 12.1 Å². The van der Waals surface area contributed by atoms with Crippen molar-refractivity contribution in [2.75, 3.05) is 0 Å². The van der Waals surface area contributed by atoms with E-state index in [1.807, 2.05) is 6.07 Å². The molecule has 0 unspecified atom stereocenters. The second kappa shape index (κ2) is 12.9. The molecule has 2 aromatic heterocycles. The Labute approximate surface area is 253 Å². The normalized spacial score (nSPS) is 11.5. The molecular formula is C31H23F3N6O3S. The van der Waals surface area contributed by atoms with Crippen molar-refractivity contribution in [2.45, 2.75) is 19.6 Å². The minimum Gasteiger partial charge on any atom is -0.478 e. The van der Waals surface area contributed by atoms with Crippen molar-refractivity contribution < 1.29 is 27.8 Å². The highest BCUT2D eigenvalue weighted by molar-refractivity contribution is 8.00. The predicted molar refractivity (Wildman–Crippen MR) is 159 cm³/mol. The number of nitrogens with zero attached hydrogens (tertiary/aromatic N) is 4. The third-order valence-electron chi connectivity index (χ3n) is 6.77. The van der Waals surface area contributed by atoms with Crippen molar-refractivity contribution >= 4 is 29.0 Å². The Bertz CT molecular complexity index is 1970. The van der Waals surface area contributed by atoms with Gasteiger partial charge < -0.3 is 20.1 Å². The van der Waals surface area contributed by atoms with E-state index in [0.29, 0.717) is 21.8 Å². The highest BCUT2D eigenvalue weighted by Gasteiger charge is 2.19. The van der Waals surface area contributed by atoms with Gasteiger partial charge in [0.2, 0.25) is 5.88 Å². The molecule has 0 spiro atoms. The van der Waals surface area contributed by atoms with E-state index in [4.69, 9.17) is 20.9 Å². The molecule has 5 rings (SSSR count). The van der Waals surface area contributed by atoms with E-state index in [2.05, 4.69) is 9.97 Å². The zero-order valence-corrected chi connectivity index (χ0v) is 23.6. The van der Waals surface area contributed by atoms with E-state index in [-0.39, 0.29) is 59.0 Å². The van der Waals surface area contributed by atoms with Crippen molar-refractivity contribution in [1.82, 2.24) is 14.5 Å². The fraction of sp³-hybridized carbons (Fsp3) is 0.0968. The molecule has 222 valence electrons. The maximum Gasteiger partial charge on any atom is 0.335 e. The van der Waals surface area contributed by atoms with Crippen molar-refractivity contribution in [3.8, 4) is 23.2 Å². The molecule has 5 N–H and O–H groups in total. The third kappa shape index (κ3) is 6.36. The summed E-state index contributed by atoms with van der Waals surface area (Å²) in [6.45, 7) is -0.0553. The van der Waals surface area contributed by atoms with Crippen LogP contribution in [0.25, 0.3) is 22.3 Å². The molecular weight excluding hydrogens is 593 g/mol. The maximum absolute atomic E-state index is 15.5. The fourth-order valence-corrected chi connectivity index (χ4v) is 4.81. The average molecular weight is 617 g/mol. The number of halogens is 3. The van der Waals surface area contributed by atoms with Gasteiger partial charge in [0.05, 0.1) is 40.5 Å². The average Bonchev–Trinajstić information content (AvgIpc) is 3.36. The van der Waals surface area contributed by atoms with E-state index in [1.54, 1.807) is 10.6 Å². The topological polar surface area (TPSA) is 153 Å². The van der Waals surface area contributed by atoms with E-state index in [0.717, 1.165) is 30.1 Å². The van der Waals surface area contributed by atoms with Crippen LogP contribution in [0.3, 0.4) is 0 Å². The molecule has 0 aliphatic heterocycles. The first-order valence-corrected chi connectivity index (χ1v) is 13.8. The van der Waals surface area contributed by atoms with E-state index < -0.39 is 23.4 Å². The highest BCUT2D eigenvalue weighted by Crippen LogP contribution is 2.29. The summed E-state index contributed by atoms with van der Waals surface area (Å²) in [7, 11) is 0. The van der Waals surface area contributed by atoms with E-state index in [1.165, 1.54) is 48.7 Å². The molecule has 9 nitrogen and oxygen atoms in total. The van der Waals surface area contributed by atoms with Crippen LogP contribution in [0, 0.1) is 28.8 Å². The smallest absolute Gasteiger partial charge is 0.335 e. The fourth-order valence-electron chi connectivity index (χ4n) is 4.52. The van der Waals surface area contributed by atoms with Gasteiger partial charge in [-0.25, -0.2) is 27.9 Å². The monoisotopic (exact) mass is 616 g/mol. The van der Waals surface area contributed by atoms with Gasteiger partial charge in [0.1, 0.15) is 29.9 Å². The lowest BCUT2D eigenvalue weighted by atomic mass is 10.0. The summed E-state index contributed by atoms with van der Waals surface area (Å²) in [6, 6.07) is 16.8. The number of carboxylic acids is 1. The molecule has 5 aromatic rings. The molecule has 0 aliphatic carbocycles. The number of aromatic carboxylic acids is 1. The van der Waals surface area contributed by atoms with Crippen LogP contribution in [-0.2, 0) is 19.6 Å². The first kappa shape index (κ1) is 30.1. The maximum atomic E-state index is 15.5. The molecule has 0 saturated heterocycles. The number of imidazole rings is 1. The number of carbonyl (C=O) groups is 1. The standard InChI is InChI=1S/C31H23F3N6O3S/c32-23-8-17(13-35)4-5-19(23)16-43-30-3-1-2-26(39-30)22-12-24(33)20(9-25(22)34)11-29-38-27-7-6-18(31(41)42)10-28(27)40(29)15-21(14-36)44-37/h1-10,12,14H,11,15-16,36-37H2,(H,41,42)/b21-14-. The number of aromatic nitrogens is 3. The van der Waals surface area contributed by atoms with Gasteiger partial charge in [-0.3, -0.25) is 5.14 Å². The summed E-state index contributed by atoms with van der Waals surface area (Å²) in [5.41, 5.74) is 6.98. The Morgan fingerprint density at radius 2 is 1.82 bits per heavy atom. The number of carboxylic acid groups (broad SMARTS) is 1. The predicted octanol–water partition coefficient (Wildman–Crippen LogP) is 5.66. The number of pyridine rings is 1. The second-order valence-corrected chi connectivity index (χ2v) is 10.3. The molecule has 0 aliphatic rings. The first-order chi connectivity index (χ1) is 21.2. The van der Waals surface area contributed by atoms with Crippen LogP contribution < -0.4 is 15.6 Å². The molecule has 13 heteroatoms. The largest absolute Gasteiger partial charge is 0.478 e. The summed E-state index contributed by atoms with van der Waals surface area (Å²) in [5, 5.41) is 24.1. The summed E-state index contributed by atoms with van der Waals surface area (Å²) < 4.78 is 52.4. The van der Waals surface area contributed by atoms with Gasteiger partial charge in [0.25, 0.3) is 0 Å². The number of ether oxygens (including phenoxy) is 1. The third-order valence-corrected chi connectivity index (χ3v) is 7.34. The Balaban J connectivity index is 1.43. The lowest BCUT2D eigenvalue weighted by Gasteiger charge is -2.13. The summed E-state index contributed by atoms with van der Waals surface area (Å²) in [4.78, 5) is 20.9. The number of hydrogen-bond donors (Lipinski definition) is 3. The zero-order valence-electron chi connectivity index (χ0n) is 22.8. The minimum atomic E-state index is -1.13. The van der Waals surface area contributed by atoms with Gasteiger partial charge in [-0.05, 0) is 66.0 Å². The van der Waals surface area contributed by atoms with Gasteiger partial charge >= 0.3 is 5.97 Å². The number of allylic oxidation sites excluding steroid dienone is 1. The summed E-state index contributed by atoms with van der Waals surface area (Å²) in [6.07, 6.45) is 1.18. The van der Waals surface area contributed by atoms with Gasteiger partial charge in [0, 0.05) is 34.7 Å². The Morgan fingerprint density at radius 1 is 1.02 bits per heavy atom. The molecule has 0 atom stereocenters. The molecule has 0 bridgehead atoms. The SMILES string of the molecule is N#Cc1ccc(COc2cccc(-c3cc(F)c(Cc4nc5ccc(C(=O)O)cc5n4C/C(=C/N)SN)cc3F)n2)c(F)c1. The van der Waals surface area contributed by atoms with Gasteiger partial charge in [-0.2, -0.15) is 5.26 Å². The Kier molecular flexibility index (Phi) is 8.84. The first-order valence-electron chi connectivity index (χ1n) is 13.0. The second-order valence-electron chi connectivity index (χ2n) is 9.54. The van der Waals surface area contributed by atoms with Crippen molar-refractivity contribution in [1.29, 1.82) is 5.26 Å². The summed E-state index contributed by atoms with van der Waals surface area (Å²) in [5.74, 6) is -2.81. The molecule has 0 radical (unpaired) electrons. The highest BCUT2D eigenvalue weighted by atomic mass is 32.2. The molecule has 44 heavy (non-hydrogen) atoms. The van der Waals surface area contributed by atoms with Crippen LogP contribution in [0.15, 0.2) is 77.8 Å². The molecule has 2 heterocycles. The van der Waals surface area contributed by atoms with Gasteiger partial charge in [0.15, 0.2) is 0 Å². The van der Waals surface area contributed by atoms with Crippen molar-refractivity contribution in [2.24, 2.45) is 10.9 Å². The summed E-state index contributed by atoms with van der Waals surface area (Å²) >= 11 is 0.902. The van der Waals surface area contributed by atoms with Crippen LogP contribution in [-0.4, -0.2) is 25.6 Å². The minimum absolute atomic E-state index is 0.00337. The van der Waals surface area contributed by atoms with Crippen LogP contribution >= 0.6 is 11.9 Å². The number of nitrogens with two attached hydrogens (primary N) is 2. The number of rotatable bonds is 10. The quantitative estimate of drug-likeness (QED) is 0.169. The molecule has 0 saturated carbocycles. The molecule has 0 amide bonds. The number of fused-ring (bicyclic) bond motifs is 1. The van der Waals surface area contributed by atoms with Crippen LogP contribution in [0.2, 0.25) is 0 Å². The van der Waals surface area contributed by atoms with E-state index in [9.17, 15) is 14.3 Å². The van der Waals surface area contributed by atoms with Crippen molar-refractivity contribution in [3.05, 3.63) is 123 Å². The molecule has 3 aromatic carbocycles. The zero-order chi connectivity index (χ0) is 31.4. The van der Waals surface area contributed by atoms with E-state index >= 15 is 8.78 Å². The van der Waals surface area contributed by atoms with Crippen LogP contribution in [0.1, 0.15) is 32.9 Å². The van der Waals surface area contributed by atoms with Crippen LogP contribution in [0.5, 0.6) is 5.88 Å².